The molecule has 2 aromatic rings. The highest BCUT2D eigenvalue weighted by Gasteiger charge is 2.08. The van der Waals surface area contributed by atoms with Gasteiger partial charge in [-0.05, 0) is 12.1 Å². The minimum absolute atomic E-state index is 0.110. The van der Waals surface area contributed by atoms with Crippen LogP contribution in [0.25, 0.3) is 10.9 Å². The zero-order valence-corrected chi connectivity index (χ0v) is 9.24. The predicted molar refractivity (Wildman–Crippen MR) is 62.4 cm³/mol. The van der Waals surface area contributed by atoms with Crippen molar-refractivity contribution in [3.63, 3.8) is 0 Å². The van der Waals surface area contributed by atoms with E-state index >= 15 is 0 Å². The average Bonchev–Trinajstić information content (AvgIpc) is 2.51. The number of aromatic nitrogens is 1. The number of hydrogen-bond donors (Lipinski definition) is 2. The molecule has 0 radical (unpaired) electrons. The maximum Gasteiger partial charge on any atom is 0.219 e. The molecule has 16 heavy (non-hydrogen) atoms. The van der Waals surface area contributed by atoms with Crippen LogP contribution in [0.5, 0.6) is 5.88 Å². The summed E-state index contributed by atoms with van der Waals surface area (Å²) in [4.78, 5) is 10.7. The first-order valence-corrected chi connectivity index (χ1v) is 5.22. The Balaban J connectivity index is 2.45. The molecule has 0 fully saturated rings. The Morgan fingerprint density at radius 3 is 2.88 bits per heavy atom. The highest BCUT2D eigenvalue weighted by atomic mass is 35.5. The van der Waals surface area contributed by atoms with E-state index in [-0.39, 0.29) is 12.3 Å². The molecule has 1 heterocycles. The number of fused-ring (bicyclic) bond motifs is 1. The van der Waals surface area contributed by atoms with Crippen molar-refractivity contribution in [2.24, 2.45) is 5.73 Å². The van der Waals surface area contributed by atoms with Gasteiger partial charge in [-0.15, -0.1) is 0 Å². The summed E-state index contributed by atoms with van der Waals surface area (Å²) < 4.78 is 1.62. The van der Waals surface area contributed by atoms with E-state index < -0.39 is 5.91 Å². The number of carbonyl (C=O) groups excluding carboxylic acids is 1. The standard InChI is InChI=1S/C11H11ClN2O2/c12-8-2-1-7-5-11(16)14(9(7)6-8)4-3-10(13)15/h1-2,5-6,16H,3-4H2,(H2,13,15). The Hall–Kier alpha value is -1.68. The van der Waals surface area contributed by atoms with E-state index in [1.165, 1.54) is 0 Å². The van der Waals surface area contributed by atoms with E-state index in [1.807, 2.05) is 6.07 Å². The first-order chi connectivity index (χ1) is 7.58. The summed E-state index contributed by atoms with van der Waals surface area (Å²) in [7, 11) is 0. The Bertz CT molecular complexity index is 548. The normalized spacial score (nSPS) is 10.8. The number of amides is 1. The second kappa shape index (κ2) is 4.06. The molecular weight excluding hydrogens is 228 g/mol. The molecule has 0 saturated carbocycles. The Morgan fingerprint density at radius 1 is 1.44 bits per heavy atom. The van der Waals surface area contributed by atoms with Gasteiger partial charge in [0.1, 0.15) is 0 Å². The van der Waals surface area contributed by atoms with E-state index in [9.17, 15) is 9.90 Å². The van der Waals surface area contributed by atoms with Gasteiger partial charge in [-0.2, -0.15) is 0 Å². The lowest BCUT2D eigenvalue weighted by Gasteiger charge is -2.05. The van der Waals surface area contributed by atoms with Crippen LogP contribution in [0.1, 0.15) is 6.42 Å². The number of carbonyl (C=O) groups is 1. The minimum atomic E-state index is -0.400. The molecule has 1 aromatic carbocycles. The van der Waals surface area contributed by atoms with Crippen molar-refractivity contribution in [2.45, 2.75) is 13.0 Å². The molecule has 0 bridgehead atoms. The maximum absolute atomic E-state index is 10.7. The lowest BCUT2D eigenvalue weighted by Crippen LogP contribution is -2.13. The van der Waals surface area contributed by atoms with Gasteiger partial charge in [0, 0.05) is 29.4 Å². The van der Waals surface area contributed by atoms with Gasteiger partial charge < -0.3 is 15.4 Å². The molecule has 2 rings (SSSR count). The van der Waals surface area contributed by atoms with Crippen LogP contribution in [0.2, 0.25) is 5.02 Å². The summed E-state index contributed by atoms with van der Waals surface area (Å²) in [5.41, 5.74) is 5.87. The number of halogens is 1. The highest BCUT2D eigenvalue weighted by molar-refractivity contribution is 6.31. The number of aromatic hydroxyl groups is 1. The lowest BCUT2D eigenvalue weighted by atomic mass is 10.2. The van der Waals surface area contributed by atoms with Crippen LogP contribution in [-0.2, 0) is 11.3 Å². The largest absolute Gasteiger partial charge is 0.494 e. The van der Waals surface area contributed by atoms with E-state index in [0.29, 0.717) is 11.6 Å². The molecule has 0 spiro atoms. The van der Waals surface area contributed by atoms with Gasteiger partial charge in [-0.3, -0.25) is 4.79 Å². The Morgan fingerprint density at radius 2 is 2.19 bits per heavy atom. The Labute approximate surface area is 97.2 Å². The maximum atomic E-state index is 10.7. The van der Waals surface area contributed by atoms with Crippen molar-refractivity contribution in [1.82, 2.24) is 4.57 Å². The van der Waals surface area contributed by atoms with Crippen LogP contribution < -0.4 is 5.73 Å². The van der Waals surface area contributed by atoms with Crippen molar-refractivity contribution >= 4 is 28.4 Å². The predicted octanol–water partition coefficient (Wildman–Crippen LogP) is 1.88. The van der Waals surface area contributed by atoms with Gasteiger partial charge in [0.2, 0.25) is 5.91 Å². The SMILES string of the molecule is NC(=O)CCn1c(O)cc2ccc(Cl)cc21. The van der Waals surface area contributed by atoms with Gasteiger partial charge in [-0.1, -0.05) is 17.7 Å². The van der Waals surface area contributed by atoms with Crippen molar-refractivity contribution < 1.29 is 9.90 Å². The van der Waals surface area contributed by atoms with Crippen LogP contribution >= 0.6 is 11.6 Å². The van der Waals surface area contributed by atoms with Crippen LogP contribution in [0.4, 0.5) is 0 Å². The third-order valence-electron chi connectivity index (χ3n) is 2.43. The van der Waals surface area contributed by atoms with E-state index in [2.05, 4.69) is 0 Å². The molecule has 0 aliphatic rings. The topological polar surface area (TPSA) is 68.2 Å². The fourth-order valence-corrected chi connectivity index (χ4v) is 1.84. The first-order valence-electron chi connectivity index (χ1n) is 4.84. The second-order valence-electron chi connectivity index (χ2n) is 3.57. The van der Waals surface area contributed by atoms with Gasteiger partial charge in [0.05, 0.1) is 5.52 Å². The van der Waals surface area contributed by atoms with Gasteiger partial charge in [-0.25, -0.2) is 0 Å². The number of aryl methyl sites for hydroxylation is 1. The quantitative estimate of drug-likeness (QED) is 0.857. The van der Waals surface area contributed by atoms with Crippen LogP contribution in [0.3, 0.4) is 0 Å². The highest BCUT2D eigenvalue weighted by Crippen LogP contribution is 2.27. The molecule has 0 atom stereocenters. The molecule has 0 aliphatic carbocycles. The van der Waals surface area contributed by atoms with Crippen molar-refractivity contribution in [3.8, 4) is 5.88 Å². The summed E-state index contributed by atoms with van der Waals surface area (Å²) in [5, 5.41) is 11.2. The molecule has 1 amide bonds. The molecule has 0 saturated heterocycles. The van der Waals surface area contributed by atoms with Crippen molar-refractivity contribution in [2.75, 3.05) is 0 Å². The molecule has 0 aliphatic heterocycles. The fourth-order valence-electron chi connectivity index (χ4n) is 1.67. The Kier molecular flexibility index (Phi) is 2.75. The van der Waals surface area contributed by atoms with Crippen molar-refractivity contribution in [3.05, 3.63) is 29.3 Å². The van der Waals surface area contributed by atoms with E-state index in [1.54, 1.807) is 22.8 Å². The first kappa shape index (κ1) is 10.8. The summed E-state index contributed by atoms with van der Waals surface area (Å²) in [6.07, 6.45) is 0.184. The van der Waals surface area contributed by atoms with E-state index in [0.717, 1.165) is 10.9 Å². The molecule has 4 nitrogen and oxygen atoms in total. The average molecular weight is 239 g/mol. The third kappa shape index (κ3) is 1.97. The zero-order valence-electron chi connectivity index (χ0n) is 8.48. The smallest absolute Gasteiger partial charge is 0.219 e. The molecular formula is C11H11ClN2O2. The zero-order chi connectivity index (χ0) is 11.7. The summed E-state index contributed by atoms with van der Waals surface area (Å²) in [6, 6.07) is 6.95. The van der Waals surface area contributed by atoms with Gasteiger partial charge in [0.15, 0.2) is 5.88 Å². The van der Waals surface area contributed by atoms with Crippen LogP contribution in [-0.4, -0.2) is 15.6 Å². The summed E-state index contributed by atoms with van der Waals surface area (Å²) in [5.74, 6) is -0.290. The van der Waals surface area contributed by atoms with E-state index in [4.69, 9.17) is 17.3 Å². The molecule has 5 heteroatoms. The molecule has 84 valence electrons. The summed E-state index contributed by atoms with van der Waals surface area (Å²) >= 11 is 5.88. The van der Waals surface area contributed by atoms with Crippen molar-refractivity contribution in [1.29, 1.82) is 0 Å². The number of nitrogens with two attached hydrogens (primary N) is 1. The van der Waals surface area contributed by atoms with Crippen LogP contribution in [0.15, 0.2) is 24.3 Å². The molecule has 1 aromatic heterocycles. The minimum Gasteiger partial charge on any atom is -0.494 e. The lowest BCUT2D eigenvalue weighted by molar-refractivity contribution is -0.118. The fraction of sp³-hybridized carbons (Fsp3) is 0.182. The summed E-state index contributed by atoms with van der Waals surface area (Å²) in [6.45, 7) is 0.352. The monoisotopic (exact) mass is 238 g/mol. The van der Waals surface area contributed by atoms with Gasteiger partial charge in [0.25, 0.3) is 0 Å². The molecule has 0 unspecified atom stereocenters. The second-order valence-corrected chi connectivity index (χ2v) is 4.01. The number of primary amides is 1. The third-order valence-corrected chi connectivity index (χ3v) is 2.66. The number of benzene rings is 1. The van der Waals surface area contributed by atoms with Crippen LogP contribution in [0, 0.1) is 0 Å². The number of hydrogen-bond acceptors (Lipinski definition) is 2. The van der Waals surface area contributed by atoms with Gasteiger partial charge >= 0.3 is 0 Å². The number of nitrogens with zero attached hydrogens (tertiary/aromatic N) is 1. The number of rotatable bonds is 3. The molecule has 3 N–H and O–H groups in total.